The molecule has 62 valence electrons. The Balaban J connectivity index is 3.46. The SMILES string of the molecule is N[C@H](CS)CCP(=O)(O)O. The van der Waals surface area contributed by atoms with Gasteiger partial charge in [0.05, 0.1) is 6.16 Å². The molecular weight excluding hydrogens is 173 g/mol. The van der Waals surface area contributed by atoms with E-state index in [1.807, 2.05) is 0 Å². The fourth-order valence-electron chi connectivity index (χ4n) is 0.425. The van der Waals surface area contributed by atoms with Crippen LogP contribution in [0.15, 0.2) is 0 Å². The molecule has 0 saturated carbocycles. The van der Waals surface area contributed by atoms with E-state index in [1.54, 1.807) is 0 Å². The van der Waals surface area contributed by atoms with Gasteiger partial charge < -0.3 is 15.5 Å². The molecule has 0 aliphatic rings. The molecule has 0 unspecified atom stereocenters. The zero-order valence-electron chi connectivity index (χ0n) is 5.47. The van der Waals surface area contributed by atoms with Crippen molar-refractivity contribution in [3.05, 3.63) is 0 Å². The van der Waals surface area contributed by atoms with Crippen LogP contribution in [0.5, 0.6) is 0 Å². The Morgan fingerprint density at radius 1 is 1.60 bits per heavy atom. The maximum absolute atomic E-state index is 10.3. The lowest BCUT2D eigenvalue weighted by atomic mass is 10.3. The summed E-state index contributed by atoms with van der Waals surface area (Å²) in [5.41, 5.74) is 5.36. The van der Waals surface area contributed by atoms with Gasteiger partial charge in [-0.3, -0.25) is 4.57 Å². The molecule has 0 aromatic rings. The fourth-order valence-corrected chi connectivity index (χ4v) is 1.28. The van der Waals surface area contributed by atoms with E-state index in [9.17, 15) is 4.57 Å². The molecule has 0 spiro atoms. The average Bonchev–Trinajstić information content (AvgIpc) is 1.81. The van der Waals surface area contributed by atoms with Crippen LogP contribution < -0.4 is 5.73 Å². The first-order valence-corrected chi connectivity index (χ1v) is 5.29. The zero-order valence-corrected chi connectivity index (χ0v) is 7.26. The second-order valence-electron chi connectivity index (χ2n) is 2.12. The summed E-state index contributed by atoms with van der Waals surface area (Å²) < 4.78 is 10.3. The summed E-state index contributed by atoms with van der Waals surface area (Å²) in [5, 5.41) is 0. The minimum absolute atomic E-state index is 0.144. The number of rotatable bonds is 4. The van der Waals surface area contributed by atoms with Crippen LogP contribution in [0.4, 0.5) is 0 Å². The van der Waals surface area contributed by atoms with E-state index in [1.165, 1.54) is 0 Å². The molecule has 0 aliphatic carbocycles. The van der Waals surface area contributed by atoms with Crippen LogP contribution in [0, 0.1) is 0 Å². The highest BCUT2D eigenvalue weighted by Crippen LogP contribution is 2.35. The highest BCUT2D eigenvalue weighted by atomic mass is 32.1. The van der Waals surface area contributed by atoms with Gasteiger partial charge in [0.15, 0.2) is 0 Å². The Hall–Kier alpha value is 0.460. The molecule has 4 nitrogen and oxygen atoms in total. The van der Waals surface area contributed by atoms with Crippen LogP contribution in [0.2, 0.25) is 0 Å². The predicted octanol–water partition coefficient (Wildman–Crippen LogP) is -0.189. The van der Waals surface area contributed by atoms with E-state index in [2.05, 4.69) is 12.6 Å². The van der Waals surface area contributed by atoms with Crippen molar-refractivity contribution in [3.63, 3.8) is 0 Å². The smallest absolute Gasteiger partial charge is 0.325 e. The lowest BCUT2D eigenvalue weighted by molar-refractivity contribution is 0.370. The van der Waals surface area contributed by atoms with Gasteiger partial charge in [-0.1, -0.05) is 0 Å². The monoisotopic (exact) mass is 185 g/mol. The van der Waals surface area contributed by atoms with Crippen molar-refractivity contribution < 1.29 is 14.4 Å². The largest absolute Gasteiger partial charge is 0.327 e. The number of hydrogen-bond acceptors (Lipinski definition) is 3. The molecule has 0 aromatic carbocycles. The summed E-state index contributed by atoms with van der Waals surface area (Å²) in [7, 11) is -3.85. The normalized spacial score (nSPS) is 15.2. The highest BCUT2D eigenvalue weighted by molar-refractivity contribution is 7.80. The van der Waals surface area contributed by atoms with Gasteiger partial charge in [-0.05, 0) is 6.42 Å². The Morgan fingerprint density at radius 3 is 2.40 bits per heavy atom. The minimum Gasteiger partial charge on any atom is -0.327 e. The van der Waals surface area contributed by atoms with Crippen LogP contribution in [-0.4, -0.2) is 27.7 Å². The highest BCUT2D eigenvalue weighted by Gasteiger charge is 2.13. The molecule has 0 aromatic heterocycles. The minimum atomic E-state index is -3.85. The Labute approximate surface area is 65.4 Å². The van der Waals surface area contributed by atoms with Gasteiger partial charge in [-0.2, -0.15) is 12.6 Å². The second kappa shape index (κ2) is 4.36. The Kier molecular flexibility index (Phi) is 4.56. The Morgan fingerprint density at radius 2 is 2.10 bits per heavy atom. The standard InChI is InChI=1S/C4H12NO3PS/c5-4(3-10)1-2-9(6,7)8/h4,10H,1-3,5H2,(H2,6,7,8)/t4-/m0/s1. The molecule has 0 rings (SSSR count). The number of nitrogens with two attached hydrogens (primary N) is 1. The first-order chi connectivity index (χ1) is 4.45. The van der Waals surface area contributed by atoms with Gasteiger partial charge in [0.1, 0.15) is 0 Å². The first kappa shape index (κ1) is 10.5. The summed E-state index contributed by atoms with van der Waals surface area (Å²) in [6, 6.07) is -0.212. The van der Waals surface area contributed by atoms with Crippen LogP contribution in [0.25, 0.3) is 0 Å². The third kappa shape index (κ3) is 6.58. The van der Waals surface area contributed by atoms with Crippen LogP contribution in [0.3, 0.4) is 0 Å². The van der Waals surface area contributed by atoms with E-state index in [0.29, 0.717) is 12.2 Å². The molecule has 0 amide bonds. The average molecular weight is 185 g/mol. The van der Waals surface area contributed by atoms with Gasteiger partial charge >= 0.3 is 7.60 Å². The third-order valence-electron chi connectivity index (χ3n) is 1.03. The molecule has 6 heteroatoms. The molecular formula is C4H12NO3PS. The molecule has 10 heavy (non-hydrogen) atoms. The van der Waals surface area contributed by atoms with Gasteiger partial charge in [-0.25, -0.2) is 0 Å². The lowest BCUT2D eigenvalue weighted by Crippen LogP contribution is -2.22. The summed E-state index contributed by atoms with van der Waals surface area (Å²) >= 11 is 3.87. The van der Waals surface area contributed by atoms with Gasteiger partial charge in [0.2, 0.25) is 0 Å². The number of thiol groups is 1. The molecule has 0 radical (unpaired) electrons. The van der Waals surface area contributed by atoms with Crippen molar-refractivity contribution in [1.82, 2.24) is 0 Å². The van der Waals surface area contributed by atoms with Gasteiger partial charge in [-0.15, -0.1) is 0 Å². The van der Waals surface area contributed by atoms with Crippen molar-refractivity contribution in [2.24, 2.45) is 5.73 Å². The van der Waals surface area contributed by atoms with E-state index in [0.717, 1.165) is 0 Å². The molecule has 0 aliphatic heterocycles. The predicted molar refractivity (Wildman–Crippen MR) is 43.4 cm³/mol. The number of hydrogen-bond donors (Lipinski definition) is 4. The quantitative estimate of drug-likeness (QED) is 0.361. The molecule has 0 fully saturated rings. The zero-order chi connectivity index (χ0) is 8.20. The van der Waals surface area contributed by atoms with E-state index >= 15 is 0 Å². The topological polar surface area (TPSA) is 83.6 Å². The van der Waals surface area contributed by atoms with Crippen molar-refractivity contribution in [2.45, 2.75) is 12.5 Å². The van der Waals surface area contributed by atoms with Crippen LogP contribution in [-0.2, 0) is 4.57 Å². The maximum Gasteiger partial charge on any atom is 0.325 e. The van der Waals surface area contributed by atoms with Crippen molar-refractivity contribution in [3.8, 4) is 0 Å². The molecule has 0 saturated heterocycles. The fraction of sp³-hybridized carbons (Fsp3) is 1.00. The van der Waals surface area contributed by atoms with Crippen LogP contribution >= 0.6 is 20.2 Å². The molecule has 0 heterocycles. The van der Waals surface area contributed by atoms with E-state index in [4.69, 9.17) is 15.5 Å². The summed E-state index contributed by atoms with van der Waals surface area (Å²) in [6.45, 7) is 0. The molecule has 4 N–H and O–H groups in total. The van der Waals surface area contributed by atoms with Crippen molar-refractivity contribution >= 4 is 20.2 Å². The van der Waals surface area contributed by atoms with Crippen molar-refractivity contribution in [1.29, 1.82) is 0 Å². The van der Waals surface area contributed by atoms with Gasteiger partial charge in [0, 0.05) is 11.8 Å². The second-order valence-corrected chi connectivity index (χ2v) is 4.26. The maximum atomic E-state index is 10.3. The third-order valence-corrected chi connectivity index (χ3v) is 2.34. The van der Waals surface area contributed by atoms with Crippen LogP contribution in [0.1, 0.15) is 6.42 Å². The van der Waals surface area contributed by atoms with Gasteiger partial charge in [0.25, 0.3) is 0 Å². The van der Waals surface area contributed by atoms with E-state index < -0.39 is 7.60 Å². The summed E-state index contributed by atoms with van der Waals surface area (Å²) in [4.78, 5) is 16.8. The van der Waals surface area contributed by atoms with E-state index in [-0.39, 0.29) is 12.2 Å². The lowest BCUT2D eigenvalue weighted by Gasteiger charge is -2.07. The summed E-state index contributed by atoms with van der Waals surface area (Å²) in [5.74, 6) is 0.458. The summed E-state index contributed by atoms with van der Waals surface area (Å²) in [6.07, 6.45) is 0.183. The van der Waals surface area contributed by atoms with Crippen molar-refractivity contribution in [2.75, 3.05) is 11.9 Å². The Bertz CT molecular complexity index is 136. The molecule has 1 atom stereocenters. The first-order valence-electron chi connectivity index (χ1n) is 2.86. The molecule has 0 bridgehead atoms.